The molecule has 0 N–H and O–H groups in total. The fourth-order valence-electron chi connectivity index (χ4n) is 4.58. The number of benzene rings is 2. The van der Waals surface area contributed by atoms with E-state index in [4.69, 9.17) is 4.74 Å². The van der Waals surface area contributed by atoms with Crippen LogP contribution in [0.1, 0.15) is 39.0 Å². The number of carbonyl (C=O) groups is 2. The van der Waals surface area contributed by atoms with Crippen LogP contribution in [0.4, 0.5) is 5.69 Å². The molecule has 188 valence electrons. The van der Waals surface area contributed by atoms with Gasteiger partial charge in [-0.1, -0.05) is 44.4 Å². The predicted octanol–water partition coefficient (Wildman–Crippen LogP) is 3.28. The average Bonchev–Trinajstić information content (AvgIpc) is 3.18. The molecule has 35 heavy (non-hydrogen) atoms. The minimum atomic E-state index is -3.57. The highest BCUT2D eigenvalue weighted by Gasteiger charge is 2.44. The maximum Gasteiger partial charge on any atom is 0.251 e. The molecule has 2 amide bonds. The van der Waals surface area contributed by atoms with E-state index in [2.05, 4.69) is 6.92 Å². The van der Waals surface area contributed by atoms with Crippen LogP contribution in [-0.4, -0.2) is 68.3 Å². The first kappa shape index (κ1) is 25.3. The number of piperazine rings is 1. The highest BCUT2D eigenvalue weighted by molar-refractivity contribution is 7.89. The van der Waals surface area contributed by atoms with E-state index < -0.39 is 16.1 Å². The fraction of sp³-hybridized carbons (Fsp3) is 0.462. The molecule has 2 aromatic rings. The smallest absolute Gasteiger partial charge is 0.251 e. The van der Waals surface area contributed by atoms with E-state index >= 15 is 0 Å². The maximum absolute atomic E-state index is 13.2. The van der Waals surface area contributed by atoms with Crippen molar-refractivity contribution in [1.82, 2.24) is 9.21 Å². The number of sulfonamides is 1. The summed E-state index contributed by atoms with van der Waals surface area (Å²) in [5.41, 5.74) is 0.533. The lowest BCUT2D eigenvalue weighted by molar-refractivity contribution is -0.123. The number of hydrogen-bond donors (Lipinski definition) is 0. The summed E-state index contributed by atoms with van der Waals surface area (Å²) in [7, 11) is -3.57. The first-order valence-electron chi connectivity index (χ1n) is 12.3. The monoisotopic (exact) mass is 499 g/mol. The lowest BCUT2D eigenvalue weighted by Gasteiger charge is -2.36. The van der Waals surface area contributed by atoms with Crippen molar-refractivity contribution >= 4 is 27.5 Å². The third-order valence-corrected chi connectivity index (χ3v) is 8.49. The van der Waals surface area contributed by atoms with Crippen LogP contribution in [0.15, 0.2) is 59.5 Å². The molecule has 2 saturated heterocycles. The van der Waals surface area contributed by atoms with E-state index in [0.29, 0.717) is 25.4 Å². The molecule has 8 nitrogen and oxygen atoms in total. The number of unbranched alkanes of at least 4 members (excludes halogenated alkanes) is 3. The van der Waals surface area contributed by atoms with E-state index in [-0.39, 0.29) is 36.2 Å². The number of ether oxygens (including phenoxy) is 1. The Morgan fingerprint density at radius 1 is 0.886 bits per heavy atom. The molecule has 0 unspecified atom stereocenters. The Balaban J connectivity index is 1.34. The molecular weight excluding hydrogens is 466 g/mol. The van der Waals surface area contributed by atoms with E-state index in [1.807, 2.05) is 4.90 Å². The van der Waals surface area contributed by atoms with Gasteiger partial charge in [0.1, 0.15) is 5.75 Å². The number of carbonyl (C=O) groups excluding carboxylic acids is 2. The van der Waals surface area contributed by atoms with Crippen LogP contribution in [0.25, 0.3) is 0 Å². The zero-order valence-electron chi connectivity index (χ0n) is 20.1. The molecule has 4 rings (SSSR count). The van der Waals surface area contributed by atoms with E-state index in [1.165, 1.54) is 22.0 Å². The van der Waals surface area contributed by atoms with Crippen LogP contribution < -0.4 is 9.64 Å². The summed E-state index contributed by atoms with van der Waals surface area (Å²) in [4.78, 5) is 29.3. The van der Waals surface area contributed by atoms with Crippen LogP contribution in [0.3, 0.4) is 0 Å². The van der Waals surface area contributed by atoms with Gasteiger partial charge in [0.05, 0.1) is 29.7 Å². The quantitative estimate of drug-likeness (QED) is 0.368. The zero-order chi connectivity index (χ0) is 24.8. The van der Waals surface area contributed by atoms with E-state index in [0.717, 1.165) is 18.6 Å². The Hall–Kier alpha value is -2.75. The topological polar surface area (TPSA) is 87.2 Å². The largest absolute Gasteiger partial charge is 0.494 e. The normalized spacial score (nSPS) is 19.9. The van der Waals surface area contributed by atoms with Gasteiger partial charge in [0.15, 0.2) is 0 Å². The molecule has 0 radical (unpaired) electrons. The molecule has 2 aliphatic heterocycles. The third-order valence-electron chi connectivity index (χ3n) is 6.58. The molecule has 0 aromatic heterocycles. The van der Waals surface area contributed by atoms with Crippen molar-refractivity contribution in [3.8, 4) is 5.75 Å². The SMILES string of the molecule is CCCCCCOc1ccc(N2C(=O)C[C@H](N3CCN(S(=O)(=O)c4ccccc4)CC3)C2=O)cc1. The van der Waals surface area contributed by atoms with Crippen molar-refractivity contribution in [2.75, 3.05) is 37.7 Å². The molecule has 0 saturated carbocycles. The highest BCUT2D eigenvalue weighted by Crippen LogP contribution is 2.28. The summed E-state index contributed by atoms with van der Waals surface area (Å²) in [6.45, 7) is 4.16. The number of nitrogens with zero attached hydrogens (tertiary/aromatic N) is 3. The lowest BCUT2D eigenvalue weighted by Crippen LogP contribution is -2.53. The van der Waals surface area contributed by atoms with E-state index in [9.17, 15) is 18.0 Å². The Kier molecular flexibility index (Phi) is 8.20. The molecule has 0 bridgehead atoms. The number of hydrogen-bond acceptors (Lipinski definition) is 6. The Labute approximate surface area is 207 Å². The molecule has 0 aliphatic carbocycles. The van der Waals surface area contributed by atoms with Gasteiger partial charge in [0, 0.05) is 26.2 Å². The second kappa shape index (κ2) is 11.3. The first-order valence-corrected chi connectivity index (χ1v) is 13.7. The fourth-order valence-corrected chi connectivity index (χ4v) is 6.02. The van der Waals surface area contributed by atoms with E-state index in [1.54, 1.807) is 54.6 Å². The Morgan fingerprint density at radius 2 is 1.57 bits per heavy atom. The molecule has 1 atom stereocenters. The van der Waals surface area contributed by atoms with Crippen molar-refractivity contribution in [3.63, 3.8) is 0 Å². The van der Waals surface area contributed by atoms with Crippen molar-refractivity contribution < 1.29 is 22.7 Å². The predicted molar refractivity (Wildman–Crippen MR) is 134 cm³/mol. The second-order valence-corrected chi connectivity index (χ2v) is 10.9. The molecule has 2 aromatic carbocycles. The molecule has 2 fully saturated rings. The zero-order valence-corrected chi connectivity index (χ0v) is 21.0. The van der Waals surface area contributed by atoms with Crippen molar-refractivity contribution in [3.05, 3.63) is 54.6 Å². The van der Waals surface area contributed by atoms with Gasteiger partial charge < -0.3 is 4.74 Å². The molecule has 9 heteroatoms. The number of imide groups is 1. The standard InChI is InChI=1S/C26H33N3O5S/c1-2-3-4-8-19-34-22-13-11-21(12-14-22)29-25(30)20-24(26(29)31)27-15-17-28(18-16-27)35(32,33)23-9-6-5-7-10-23/h5-7,9-14,24H,2-4,8,15-20H2,1H3/t24-/m0/s1. The van der Waals surface area contributed by atoms with Gasteiger partial charge in [0.25, 0.3) is 5.91 Å². The Bertz CT molecular complexity index is 1110. The van der Waals surface area contributed by atoms with Crippen molar-refractivity contribution in [1.29, 1.82) is 0 Å². The average molecular weight is 500 g/mol. The summed E-state index contributed by atoms with van der Waals surface area (Å²) in [6, 6.07) is 14.8. The van der Waals surface area contributed by atoms with Crippen LogP contribution in [0.5, 0.6) is 5.75 Å². The van der Waals surface area contributed by atoms with Gasteiger partial charge in [-0.25, -0.2) is 13.3 Å². The van der Waals surface area contributed by atoms with Crippen LogP contribution in [0.2, 0.25) is 0 Å². The molecule has 2 aliphatic rings. The van der Waals surface area contributed by atoms with Gasteiger partial charge >= 0.3 is 0 Å². The van der Waals surface area contributed by atoms with Crippen molar-refractivity contribution in [2.24, 2.45) is 0 Å². The van der Waals surface area contributed by atoms with Crippen LogP contribution in [0, 0.1) is 0 Å². The number of amides is 2. The Morgan fingerprint density at radius 3 is 2.23 bits per heavy atom. The van der Waals surface area contributed by atoms with Gasteiger partial charge in [-0.05, 0) is 42.8 Å². The maximum atomic E-state index is 13.2. The summed E-state index contributed by atoms with van der Waals surface area (Å²) >= 11 is 0. The van der Waals surface area contributed by atoms with Gasteiger partial charge in [-0.2, -0.15) is 4.31 Å². The summed E-state index contributed by atoms with van der Waals surface area (Å²) in [5, 5.41) is 0. The van der Waals surface area contributed by atoms with Crippen LogP contribution in [-0.2, 0) is 19.6 Å². The van der Waals surface area contributed by atoms with Gasteiger partial charge in [-0.3, -0.25) is 14.5 Å². The van der Waals surface area contributed by atoms with Gasteiger partial charge in [-0.15, -0.1) is 0 Å². The van der Waals surface area contributed by atoms with Gasteiger partial charge in [0.2, 0.25) is 15.9 Å². The number of anilines is 1. The molecule has 2 heterocycles. The first-order chi connectivity index (χ1) is 16.9. The van der Waals surface area contributed by atoms with Crippen molar-refractivity contribution in [2.45, 2.75) is 50.0 Å². The molecule has 0 spiro atoms. The second-order valence-electron chi connectivity index (χ2n) is 8.94. The number of rotatable bonds is 10. The summed E-state index contributed by atoms with van der Waals surface area (Å²) in [5.74, 6) is 0.215. The minimum Gasteiger partial charge on any atom is -0.494 e. The third kappa shape index (κ3) is 5.74. The van der Waals surface area contributed by atoms with Crippen LogP contribution >= 0.6 is 0 Å². The summed E-state index contributed by atoms with van der Waals surface area (Å²) in [6.07, 6.45) is 4.61. The minimum absolute atomic E-state index is 0.0972. The molecular formula is C26H33N3O5S. The highest BCUT2D eigenvalue weighted by atomic mass is 32.2. The lowest BCUT2D eigenvalue weighted by atomic mass is 10.2. The summed E-state index contributed by atoms with van der Waals surface area (Å²) < 4.78 is 33.0.